The van der Waals surface area contributed by atoms with Gasteiger partial charge in [0, 0.05) is 12.0 Å². The molecule has 0 radical (unpaired) electrons. The van der Waals surface area contributed by atoms with Crippen LogP contribution in [0.1, 0.15) is 180 Å². The van der Waals surface area contributed by atoms with Gasteiger partial charge < -0.3 is 29.7 Å². The molecule has 3 aromatic rings. The molecule has 3 aliphatic rings. The van der Waals surface area contributed by atoms with E-state index in [1.54, 1.807) is 0 Å². The van der Waals surface area contributed by atoms with Crippen LogP contribution in [0.4, 0.5) is 0 Å². The Balaban J connectivity index is 0.00000771. The topological polar surface area (TPSA) is 126 Å². The number of aromatic nitrogens is 3. The summed E-state index contributed by atoms with van der Waals surface area (Å²) in [4.78, 5) is 56.5. The minimum Gasteiger partial charge on any atom is -0.664 e. The molecule has 0 aromatic carbocycles. The molecular weight excluding hydrogens is 809 g/mol. The van der Waals surface area contributed by atoms with Gasteiger partial charge in [-0.1, -0.05) is 150 Å². The number of ether oxygens (including phenoxy) is 2. The molecule has 3 aromatic heterocycles. The molecule has 9 nitrogen and oxygen atoms in total. The standard InChI is InChI=1S/C54H71N4O5.Mg/c1-12-38-34(7)41-28-43-36(9)40(24-25-47(59)63-27-26-33(6)22-18-16-14-15-17-21-32(5)23-19-20-31(3)4)51(57-43)49-50(54(61)62-11)53(60)48-37(10)44(58-52(48)49)30-46-39(13-2)35(8)42(56-46)29-45(38)55-41;/h12,26,28-32,36,40,50H,1,13-25,27H2,2-11H3,(H-,57,58,60);/q-3;+2/p-1/b33-26+,42-29-,43-28-,46-30-;/t32-,36-,40-,50+;/m0./s1. The third-order valence-corrected chi connectivity index (χ3v) is 13.8. The zero-order chi connectivity index (χ0) is 45.5. The van der Waals surface area contributed by atoms with Crippen LogP contribution in [-0.4, -0.2) is 54.5 Å². The fraction of sp³-hybridized carbons (Fsp3) is 0.537. The van der Waals surface area contributed by atoms with Gasteiger partial charge >= 0.3 is 35.0 Å². The number of fused-ring (bicyclic) bond motifs is 7. The Labute approximate surface area is 398 Å². The van der Waals surface area contributed by atoms with E-state index in [1.165, 1.54) is 64.0 Å². The molecule has 10 heteroatoms. The Kier molecular flexibility index (Phi) is 18.0. The van der Waals surface area contributed by atoms with Gasteiger partial charge in [-0.3, -0.25) is 14.4 Å². The summed E-state index contributed by atoms with van der Waals surface area (Å²) in [6.07, 6.45) is 23.7. The third-order valence-electron chi connectivity index (χ3n) is 13.8. The number of carbonyl (C=O) groups excluding carboxylic acids is 3. The zero-order valence-corrected chi connectivity index (χ0v) is 41.8. The van der Waals surface area contributed by atoms with Crippen molar-refractivity contribution in [1.82, 2.24) is 15.0 Å². The van der Waals surface area contributed by atoms with Gasteiger partial charge in [0.05, 0.1) is 7.11 Å². The molecule has 0 unspecified atom stereocenters. The van der Waals surface area contributed by atoms with Crippen molar-refractivity contribution in [1.29, 1.82) is 0 Å². The fourth-order valence-corrected chi connectivity index (χ4v) is 9.82. The zero-order valence-electron chi connectivity index (χ0n) is 40.4. The molecule has 0 saturated carbocycles. The SMILES string of the molecule is C=Cc1c2[n-]c(c1C)/C=C1\[N-]/C(=C3\c4[n-]c(c(C)c4C(=O)[C@@H]3C(=O)OC)/C=c3\[n-]/c(c(C)c3CC)=C\2)[C@@H](CCC(=O)OC/C=C(\C)CCCCCCC[C@H](C)CCCC(C)C)[C@@H]1C.[Mg+2]. The van der Waals surface area contributed by atoms with Crippen LogP contribution in [0.25, 0.3) is 35.2 Å². The number of carbonyl (C=O) groups is 3. The van der Waals surface area contributed by atoms with Crippen molar-refractivity contribution in [2.24, 2.45) is 29.6 Å². The molecule has 0 amide bonds. The Morgan fingerprint density at radius 2 is 1.53 bits per heavy atom. The van der Waals surface area contributed by atoms with Gasteiger partial charge in [-0.05, 0) is 88.7 Å². The van der Waals surface area contributed by atoms with Crippen LogP contribution in [0, 0.1) is 50.4 Å². The van der Waals surface area contributed by atoms with E-state index in [-0.39, 0.29) is 59.7 Å². The van der Waals surface area contributed by atoms with E-state index in [4.69, 9.17) is 29.7 Å². The number of ketones is 1. The molecule has 1 aliphatic carbocycles. The third kappa shape index (κ3) is 11.2. The van der Waals surface area contributed by atoms with Gasteiger partial charge in [-0.25, -0.2) is 0 Å². The monoisotopic (exact) mass is 879 g/mol. The quantitative estimate of drug-likeness (QED) is 0.0361. The predicted molar refractivity (Wildman–Crippen MR) is 260 cm³/mol. The number of hydrogen-bond acceptors (Lipinski definition) is 5. The predicted octanol–water partition coefficient (Wildman–Crippen LogP) is 10.1. The van der Waals surface area contributed by atoms with Crippen LogP contribution in [0.15, 0.2) is 29.6 Å². The first kappa shape index (κ1) is 50.7. The van der Waals surface area contributed by atoms with E-state index in [2.05, 4.69) is 55.0 Å². The number of Topliss-reactive ketones (excluding diaryl/α,β-unsaturated/α-hetero) is 1. The second kappa shape index (κ2) is 22.8. The van der Waals surface area contributed by atoms with Crippen LogP contribution in [-0.2, 0) is 25.5 Å². The molecule has 64 heavy (non-hydrogen) atoms. The average Bonchev–Trinajstić information content (AvgIpc) is 3.99. The van der Waals surface area contributed by atoms with Crippen molar-refractivity contribution < 1.29 is 23.9 Å². The number of nitrogens with zero attached hydrogens (tertiary/aromatic N) is 4. The molecule has 340 valence electrons. The van der Waals surface area contributed by atoms with E-state index in [9.17, 15) is 14.4 Å². The minimum absolute atomic E-state index is 0. The summed E-state index contributed by atoms with van der Waals surface area (Å²) in [7, 11) is 1.30. The second-order valence-corrected chi connectivity index (χ2v) is 18.8. The van der Waals surface area contributed by atoms with E-state index < -0.39 is 11.9 Å². The summed E-state index contributed by atoms with van der Waals surface area (Å²) in [6.45, 7) is 23.6. The smallest absolute Gasteiger partial charge is 0.664 e. The Hall–Kier alpha value is -4.28. The molecule has 8 bridgehead atoms. The maximum absolute atomic E-state index is 14.3. The fourth-order valence-electron chi connectivity index (χ4n) is 9.82. The number of rotatable bonds is 20. The molecule has 1 saturated heterocycles. The first-order valence-electron chi connectivity index (χ1n) is 23.6. The van der Waals surface area contributed by atoms with Crippen LogP contribution >= 0.6 is 0 Å². The summed E-state index contributed by atoms with van der Waals surface area (Å²) in [5.74, 6) is -1.40. The number of methoxy groups -OCH3 is 1. The van der Waals surface area contributed by atoms with Gasteiger partial charge in [0.2, 0.25) is 0 Å². The largest absolute Gasteiger partial charge is 2.00 e. The summed E-state index contributed by atoms with van der Waals surface area (Å²) in [6, 6.07) is 0. The molecule has 2 aliphatic heterocycles. The van der Waals surface area contributed by atoms with Gasteiger partial charge in [0.15, 0.2) is 5.78 Å². The first-order chi connectivity index (χ1) is 30.2. The normalized spacial score (nSPS) is 21.3. The van der Waals surface area contributed by atoms with Gasteiger partial charge in [-0.15, -0.1) is 33.5 Å². The van der Waals surface area contributed by atoms with Crippen LogP contribution < -0.4 is 25.7 Å². The Morgan fingerprint density at radius 1 is 0.844 bits per heavy atom. The van der Waals surface area contributed by atoms with E-state index in [1.807, 2.05) is 44.2 Å². The molecular formula is C54H70MgN4O5-2. The number of hydrogen-bond donors (Lipinski definition) is 0. The van der Waals surface area contributed by atoms with E-state index >= 15 is 0 Å². The molecule has 6 rings (SSSR count). The summed E-state index contributed by atoms with van der Waals surface area (Å²) >= 11 is 0. The summed E-state index contributed by atoms with van der Waals surface area (Å²) in [5, 5.41) is 6.83. The number of unbranched alkanes of at least 4 members (excludes halogenated alkanes) is 4. The van der Waals surface area contributed by atoms with E-state index in [0.717, 1.165) is 81.1 Å². The van der Waals surface area contributed by atoms with Crippen LogP contribution in [0.3, 0.4) is 0 Å². The Bertz CT molecular complexity index is 2420. The molecule has 4 atom stereocenters. The minimum atomic E-state index is -1.22. The van der Waals surface area contributed by atoms with Crippen molar-refractivity contribution in [3.63, 3.8) is 0 Å². The van der Waals surface area contributed by atoms with Crippen molar-refractivity contribution in [2.45, 2.75) is 146 Å². The Morgan fingerprint density at radius 3 is 2.23 bits per heavy atom. The molecule has 0 spiro atoms. The maximum Gasteiger partial charge on any atom is 2.00 e. The van der Waals surface area contributed by atoms with E-state index in [0.29, 0.717) is 40.2 Å². The van der Waals surface area contributed by atoms with Crippen molar-refractivity contribution in [3.8, 4) is 0 Å². The second-order valence-electron chi connectivity index (χ2n) is 18.8. The van der Waals surface area contributed by atoms with Gasteiger partial charge in [0.25, 0.3) is 0 Å². The van der Waals surface area contributed by atoms with Crippen molar-refractivity contribution >= 4 is 70.7 Å². The van der Waals surface area contributed by atoms with Crippen LogP contribution in [0.5, 0.6) is 0 Å². The molecule has 1 fully saturated rings. The summed E-state index contributed by atoms with van der Waals surface area (Å²) < 4.78 is 11.0. The van der Waals surface area contributed by atoms with Gasteiger partial charge in [-0.2, -0.15) is 11.4 Å². The number of esters is 2. The van der Waals surface area contributed by atoms with Crippen LogP contribution in [0.2, 0.25) is 0 Å². The van der Waals surface area contributed by atoms with Crippen molar-refractivity contribution in [3.05, 3.63) is 102 Å². The first-order valence-corrected chi connectivity index (χ1v) is 23.6. The van der Waals surface area contributed by atoms with Crippen molar-refractivity contribution in [2.75, 3.05) is 13.7 Å². The molecule has 0 N–H and O–H groups in total. The molecule has 5 heterocycles. The maximum atomic E-state index is 14.3. The number of allylic oxidation sites excluding steroid dienone is 3. The van der Waals surface area contributed by atoms with Gasteiger partial charge in [0.1, 0.15) is 12.5 Å². The summed E-state index contributed by atoms with van der Waals surface area (Å²) in [5.41, 5.74) is 10.7. The average molecular weight is 879 g/mol.